The third-order valence-corrected chi connectivity index (χ3v) is 5.64. The van der Waals surface area contributed by atoms with E-state index in [1.165, 1.54) is 10.8 Å². The van der Waals surface area contributed by atoms with Gasteiger partial charge in [0.2, 0.25) is 10.0 Å². The van der Waals surface area contributed by atoms with Crippen LogP contribution in [0.15, 0.2) is 11.0 Å². The van der Waals surface area contributed by atoms with Gasteiger partial charge in [0.15, 0.2) is 0 Å². The summed E-state index contributed by atoms with van der Waals surface area (Å²) in [6.45, 7) is 0.600. The van der Waals surface area contributed by atoms with Crippen molar-refractivity contribution in [3.63, 3.8) is 0 Å². The highest BCUT2D eigenvalue weighted by Gasteiger charge is 2.35. The van der Waals surface area contributed by atoms with Gasteiger partial charge in [0.05, 0.1) is 17.4 Å². The van der Waals surface area contributed by atoms with Gasteiger partial charge in [-0.15, -0.1) is 0 Å². The molecule has 124 valence electrons. The molecule has 3 N–H and O–H groups in total. The summed E-state index contributed by atoms with van der Waals surface area (Å²) in [6.07, 6.45) is 4.19. The predicted molar refractivity (Wildman–Crippen MR) is 84.0 cm³/mol. The number of hydrogen-bond acceptors (Lipinski definition) is 6. The molecule has 1 aromatic rings. The first kappa shape index (κ1) is 16.0. The largest absolute Gasteiger partial charge is 0.382 e. The Hall–Kier alpha value is -1.89. The number of anilines is 1. The third kappa shape index (κ3) is 3.72. The van der Waals surface area contributed by atoms with E-state index in [1.54, 1.807) is 0 Å². The van der Waals surface area contributed by atoms with Crippen molar-refractivity contribution in [3.8, 4) is 11.8 Å². The lowest BCUT2D eigenvalue weighted by molar-refractivity contribution is 0.0527. The number of aromatic nitrogens is 2. The molecular weight excluding hydrogens is 320 g/mol. The summed E-state index contributed by atoms with van der Waals surface area (Å²) in [5.41, 5.74) is 5.61. The molecule has 1 saturated carbocycles. The van der Waals surface area contributed by atoms with Gasteiger partial charge in [-0.25, -0.2) is 17.9 Å². The molecule has 0 radical (unpaired) electrons. The minimum Gasteiger partial charge on any atom is -0.382 e. The van der Waals surface area contributed by atoms with Gasteiger partial charge in [-0.3, -0.25) is 4.57 Å². The summed E-state index contributed by atoms with van der Waals surface area (Å²) in [4.78, 5) is 15.6. The molecule has 1 unspecified atom stereocenters. The smallest absolute Gasteiger partial charge is 0.351 e. The molecule has 2 heterocycles. The zero-order valence-electron chi connectivity index (χ0n) is 12.5. The second kappa shape index (κ2) is 6.31. The monoisotopic (exact) mass is 338 g/mol. The number of nitrogens with one attached hydrogen (secondary N) is 1. The Morgan fingerprint density at radius 2 is 2.22 bits per heavy atom. The summed E-state index contributed by atoms with van der Waals surface area (Å²) in [5, 5.41) is -0.280. The van der Waals surface area contributed by atoms with Gasteiger partial charge < -0.3 is 10.5 Å². The quantitative estimate of drug-likeness (QED) is 0.720. The maximum atomic E-state index is 11.9. The van der Waals surface area contributed by atoms with Crippen LogP contribution in [-0.2, 0) is 14.8 Å². The second-order valence-electron chi connectivity index (χ2n) is 5.56. The summed E-state index contributed by atoms with van der Waals surface area (Å²) in [6, 6.07) is 0. The average molecular weight is 338 g/mol. The number of nitrogens with zero attached hydrogens (tertiary/aromatic N) is 2. The van der Waals surface area contributed by atoms with Crippen molar-refractivity contribution in [2.45, 2.75) is 37.2 Å². The number of rotatable bonds is 4. The van der Waals surface area contributed by atoms with E-state index in [2.05, 4.69) is 21.5 Å². The summed E-state index contributed by atoms with van der Waals surface area (Å²) >= 11 is 0. The van der Waals surface area contributed by atoms with Crippen LogP contribution in [0, 0.1) is 11.8 Å². The second-order valence-corrected chi connectivity index (χ2v) is 7.61. The highest BCUT2D eigenvalue weighted by molar-refractivity contribution is 7.90. The van der Waals surface area contributed by atoms with Crippen LogP contribution in [0.3, 0.4) is 0 Å². The Morgan fingerprint density at radius 1 is 1.43 bits per heavy atom. The van der Waals surface area contributed by atoms with Crippen LogP contribution in [0.4, 0.5) is 5.82 Å². The summed E-state index contributed by atoms with van der Waals surface area (Å²) in [7, 11) is -3.25. The van der Waals surface area contributed by atoms with Crippen molar-refractivity contribution in [1.29, 1.82) is 0 Å². The van der Waals surface area contributed by atoms with E-state index < -0.39 is 15.7 Å². The Labute approximate surface area is 134 Å². The molecule has 0 spiro atoms. The van der Waals surface area contributed by atoms with Crippen LogP contribution in [-0.4, -0.2) is 36.4 Å². The SMILES string of the molecule is Nc1nc(=O)n(C2CCCO2)cc1C#CCNS(=O)(=O)C1CC1. The van der Waals surface area contributed by atoms with Crippen LogP contribution in [0.2, 0.25) is 0 Å². The first-order valence-electron chi connectivity index (χ1n) is 7.45. The van der Waals surface area contributed by atoms with Crippen molar-refractivity contribution in [3.05, 3.63) is 22.2 Å². The maximum Gasteiger partial charge on any atom is 0.351 e. The minimum atomic E-state index is -3.25. The molecule has 23 heavy (non-hydrogen) atoms. The molecule has 1 aliphatic heterocycles. The lowest BCUT2D eigenvalue weighted by Gasteiger charge is -2.13. The van der Waals surface area contributed by atoms with Crippen LogP contribution in [0.5, 0.6) is 0 Å². The summed E-state index contributed by atoms with van der Waals surface area (Å²) in [5.74, 6) is 5.49. The molecule has 1 saturated heterocycles. The number of nitrogen functional groups attached to an aromatic ring is 1. The molecule has 2 fully saturated rings. The highest BCUT2D eigenvalue weighted by Crippen LogP contribution is 2.27. The van der Waals surface area contributed by atoms with Crippen molar-refractivity contribution in [2.75, 3.05) is 18.9 Å². The molecule has 3 rings (SSSR count). The van der Waals surface area contributed by atoms with E-state index in [-0.39, 0.29) is 23.8 Å². The van der Waals surface area contributed by atoms with Gasteiger partial charge in [0, 0.05) is 12.8 Å². The fourth-order valence-corrected chi connectivity index (χ4v) is 3.60. The number of hydrogen-bond donors (Lipinski definition) is 2. The highest BCUT2D eigenvalue weighted by atomic mass is 32.2. The van der Waals surface area contributed by atoms with Crippen molar-refractivity contribution < 1.29 is 13.2 Å². The lowest BCUT2D eigenvalue weighted by Crippen LogP contribution is -2.28. The molecule has 0 aromatic carbocycles. The Morgan fingerprint density at radius 3 is 2.87 bits per heavy atom. The normalized spacial score (nSPS) is 21.0. The van der Waals surface area contributed by atoms with Gasteiger partial charge in [-0.1, -0.05) is 11.8 Å². The average Bonchev–Trinajstić information content (AvgIpc) is 3.23. The fourth-order valence-electron chi connectivity index (χ4n) is 2.34. The molecule has 8 nitrogen and oxygen atoms in total. The lowest BCUT2D eigenvalue weighted by atomic mass is 10.3. The molecule has 1 aliphatic carbocycles. The Balaban J connectivity index is 1.73. The molecule has 1 atom stereocenters. The molecular formula is C14H18N4O4S. The van der Waals surface area contributed by atoms with Gasteiger partial charge >= 0.3 is 5.69 Å². The standard InChI is InChI=1S/C14H18N4O4S/c15-13-10(3-1-7-16-23(20,21)11-5-6-11)9-18(14(19)17-13)12-4-2-8-22-12/h9,11-12,16H,2,4-8H2,(H2,15,17,19). The van der Waals surface area contributed by atoms with Gasteiger partial charge in [0.1, 0.15) is 12.0 Å². The van der Waals surface area contributed by atoms with E-state index in [9.17, 15) is 13.2 Å². The third-order valence-electron chi connectivity index (χ3n) is 3.75. The zero-order valence-corrected chi connectivity index (χ0v) is 13.3. The molecule has 0 bridgehead atoms. The Bertz CT molecular complexity index is 811. The predicted octanol–water partition coefficient (Wildman–Crippen LogP) is -0.432. The van der Waals surface area contributed by atoms with Crippen LogP contribution < -0.4 is 16.1 Å². The van der Waals surface area contributed by atoms with Crippen molar-refractivity contribution in [1.82, 2.24) is 14.3 Å². The molecule has 0 amide bonds. The molecule has 1 aromatic heterocycles. The van der Waals surface area contributed by atoms with Crippen molar-refractivity contribution >= 4 is 15.8 Å². The van der Waals surface area contributed by atoms with E-state index in [4.69, 9.17) is 10.5 Å². The number of nitrogens with two attached hydrogens (primary N) is 1. The first-order chi connectivity index (χ1) is 11.0. The topological polar surface area (TPSA) is 116 Å². The van der Waals surface area contributed by atoms with Crippen molar-refractivity contribution in [2.24, 2.45) is 0 Å². The van der Waals surface area contributed by atoms with Gasteiger partial charge in [-0.05, 0) is 25.7 Å². The molecule has 9 heteroatoms. The first-order valence-corrected chi connectivity index (χ1v) is 8.99. The molecule has 2 aliphatic rings. The van der Waals surface area contributed by atoms with Gasteiger partial charge in [-0.2, -0.15) is 4.98 Å². The van der Waals surface area contributed by atoms with E-state index in [0.717, 1.165) is 12.8 Å². The van der Waals surface area contributed by atoms with E-state index in [0.29, 0.717) is 25.0 Å². The van der Waals surface area contributed by atoms with Crippen LogP contribution in [0.25, 0.3) is 0 Å². The van der Waals surface area contributed by atoms with E-state index in [1.807, 2.05) is 0 Å². The number of sulfonamides is 1. The maximum absolute atomic E-state index is 11.9. The number of ether oxygens (including phenoxy) is 1. The van der Waals surface area contributed by atoms with Gasteiger partial charge in [0.25, 0.3) is 0 Å². The van der Waals surface area contributed by atoms with Crippen LogP contribution >= 0.6 is 0 Å². The van der Waals surface area contributed by atoms with Crippen LogP contribution in [0.1, 0.15) is 37.5 Å². The zero-order chi connectivity index (χ0) is 16.4. The van der Waals surface area contributed by atoms with E-state index >= 15 is 0 Å². The minimum absolute atomic E-state index is 0.00265. The Kier molecular flexibility index (Phi) is 4.39. The fraction of sp³-hybridized carbons (Fsp3) is 0.571. The summed E-state index contributed by atoms with van der Waals surface area (Å²) < 4.78 is 32.6.